The van der Waals surface area contributed by atoms with Crippen molar-refractivity contribution in [3.8, 4) is 22.9 Å². The van der Waals surface area contributed by atoms with Crippen LogP contribution in [0.3, 0.4) is 0 Å². The average molecular weight is 440 g/mol. The number of ether oxygens (including phenoxy) is 2. The molecule has 8 nitrogen and oxygen atoms in total. The molecule has 0 aliphatic rings. The maximum absolute atomic E-state index is 13.4. The Kier molecular flexibility index (Phi) is 7.54. The molecule has 1 aromatic heterocycles. The standard InChI is InChI=1S/C23H25FN4O4/c1-28(12-11-15-7-9-19(31-2)20(13-15)32-3)21(29)10-8-18-23(30)25-22(27-26-18)16-5-4-6-17(24)14-16/h4-7,9,13-14H,8,10-12H2,1-3H3,(H,25,27,30). The molecule has 1 amide bonds. The molecule has 3 aromatic rings. The fourth-order valence-corrected chi connectivity index (χ4v) is 3.16. The van der Waals surface area contributed by atoms with Gasteiger partial charge in [0.15, 0.2) is 17.3 Å². The molecule has 0 unspecified atom stereocenters. The fraction of sp³-hybridized carbons (Fsp3) is 0.304. The van der Waals surface area contributed by atoms with Crippen LogP contribution in [0.25, 0.3) is 11.4 Å². The highest BCUT2D eigenvalue weighted by Crippen LogP contribution is 2.27. The summed E-state index contributed by atoms with van der Waals surface area (Å²) in [5, 5.41) is 7.89. The minimum absolute atomic E-state index is 0.110. The van der Waals surface area contributed by atoms with Gasteiger partial charge in [0.1, 0.15) is 11.5 Å². The van der Waals surface area contributed by atoms with Gasteiger partial charge in [-0.3, -0.25) is 9.59 Å². The Labute approximate surface area is 185 Å². The van der Waals surface area contributed by atoms with Gasteiger partial charge in [-0.1, -0.05) is 18.2 Å². The van der Waals surface area contributed by atoms with E-state index in [0.717, 1.165) is 5.56 Å². The summed E-state index contributed by atoms with van der Waals surface area (Å²) in [6.07, 6.45) is 0.927. The largest absolute Gasteiger partial charge is 0.493 e. The molecule has 0 aliphatic carbocycles. The lowest BCUT2D eigenvalue weighted by atomic mass is 10.1. The zero-order valence-corrected chi connectivity index (χ0v) is 18.2. The van der Waals surface area contributed by atoms with Crippen molar-refractivity contribution in [1.29, 1.82) is 0 Å². The number of nitrogens with one attached hydrogen (secondary N) is 1. The van der Waals surface area contributed by atoms with E-state index in [-0.39, 0.29) is 30.3 Å². The summed E-state index contributed by atoms with van der Waals surface area (Å²) in [6, 6.07) is 11.3. The summed E-state index contributed by atoms with van der Waals surface area (Å²) in [5.74, 6) is 0.919. The number of aryl methyl sites for hydroxylation is 1. The Balaban J connectivity index is 1.55. The number of carbonyl (C=O) groups is 1. The number of halogens is 1. The van der Waals surface area contributed by atoms with E-state index in [4.69, 9.17) is 9.47 Å². The molecule has 0 fully saturated rings. The van der Waals surface area contributed by atoms with E-state index in [1.165, 1.54) is 18.2 Å². The van der Waals surface area contributed by atoms with Gasteiger partial charge in [0.2, 0.25) is 5.91 Å². The van der Waals surface area contributed by atoms with Crippen molar-refractivity contribution in [1.82, 2.24) is 20.1 Å². The quantitative estimate of drug-likeness (QED) is 0.549. The van der Waals surface area contributed by atoms with Crippen molar-refractivity contribution in [3.05, 3.63) is 69.9 Å². The number of benzene rings is 2. The first-order valence-electron chi connectivity index (χ1n) is 10.1. The summed E-state index contributed by atoms with van der Waals surface area (Å²) in [7, 11) is 4.87. The van der Waals surface area contributed by atoms with Gasteiger partial charge in [0.05, 0.1) is 14.2 Å². The molecule has 3 rings (SSSR count). The van der Waals surface area contributed by atoms with Crippen LogP contribution >= 0.6 is 0 Å². The van der Waals surface area contributed by atoms with E-state index in [9.17, 15) is 14.0 Å². The van der Waals surface area contributed by atoms with Crippen molar-refractivity contribution >= 4 is 5.91 Å². The van der Waals surface area contributed by atoms with Crippen LogP contribution in [-0.4, -0.2) is 53.8 Å². The SMILES string of the molecule is COc1ccc(CCN(C)C(=O)CCc2nnc(-c3cccc(F)c3)[nH]c2=O)cc1OC. The number of aromatic nitrogens is 3. The molecule has 1 heterocycles. The first-order valence-corrected chi connectivity index (χ1v) is 10.1. The Bertz CT molecular complexity index is 1150. The molecule has 0 spiro atoms. The molecule has 168 valence electrons. The first-order chi connectivity index (χ1) is 15.4. The zero-order valence-electron chi connectivity index (χ0n) is 18.2. The van der Waals surface area contributed by atoms with Crippen LogP contribution in [0.4, 0.5) is 4.39 Å². The predicted octanol–water partition coefficient (Wildman–Crippen LogP) is 2.62. The maximum Gasteiger partial charge on any atom is 0.273 e. The van der Waals surface area contributed by atoms with Crippen molar-refractivity contribution in [2.24, 2.45) is 0 Å². The zero-order chi connectivity index (χ0) is 23.1. The molecular formula is C23H25FN4O4. The van der Waals surface area contributed by atoms with Gasteiger partial charge in [-0.25, -0.2) is 4.39 Å². The molecule has 0 radical (unpaired) electrons. The number of rotatable bonds is 9. The molecule has 32 heavy (non-hydrogen) atoms. The molecule has 0 atom stereocenters. The summed E-state index contributed by atoms with van der Waals surface area (Å²) < 4.78 is 23.9. The molecule has 1 N–H and O–H groups in total. The minimum Gasteiger partial charge on any atom is -0.493 e. The van der Waals surface area contributed by atoms with Gasteiger partial charge in [-0.15, -0.1) is 10.2 Å². The summed E-state index contributed by atoms with van der Waals surface area (Å²) in [6.45, 7) is 0.509. The number of likely N-dealkylation sites (N-methyl/N-ethyl adjacent to an activating group) is 1. The first kappa shape index (κ1) is 22.9. The van der Waals surface area contributed by atoms with Crippen LogP contribution in [0, 0.1) is 5.82 Å². The predicted molar refractivity (Wildman–Crippen MR) is 117 cm³/mol. The summed E-state index contributed by atoms with van der Waals surface area (Å²) in [5.41, 5.74) is 1.15. The number of H-pyrrole nitrogens is 1. The maximum atomic E-state index is 13.4. The second-order valence-corrected chi connectivity index (χ2v) is 7.21. The highest BCUT2D eigenvalue weighted by molar-refractivity contribution is 5.76. The van der Waals surface area contributed by atoms with Crippen molar-refractivity contribution in [2.45, 2.75) is 19.3 Å². The third-order valence-electron chi connectivity index (χ3n) is 5.05. The number of methoxy groups -OCH3 is 2. The second-order valence-electron chi connectivity index (χ2n) is 7.21. The molecule has 0 saturated heterocycles. The number of hydrogen-bond acceptors (Lipinski definition) is 6. The van der Waals surface area contributed by atoms with Crippen LogP contribution in [-0.2, 0) is 17.6 Å². The normalized spacial score (nSPS) is 10.6. The lowest BCUT2D eigenvalue weighted by Crippen LogP contribution is -2.30. The third kappa shape index (κ3) is 5.69. The van der Waals surface area contributed by atoms with E-state index in [1.807, 2.05) is 18.2 Å². The van der Waals surface area contributed by atoms with Crippen molar-refractivity contribution in [3.63, 3.8) is 0 Å². The molecule has 0 aliphatic heterocycles. The highest BCUT2D eigenvalue weighted by Gasteiger charge is 2.13. The number of amides is 1. The van der Waals surface area contributed by atoms with Gasteiger partial charge in [-0.2, -0.15) is 0 Å². The van der Waals surface area contributed by atoms with Crippen LogP contribution in [0.15, 0.2) is 47.3 Å². The average Bonchev–Trinajstić information content (AvgIpc) is 2.81. The van der Waals surface area contributed by atoms with E-state index >= 15 is 0 Å². The minimum atomic E-state index is -0.444. The third-order valence-corrected chi connectivity index (χ3v) is 5.05. The van der Waals surface area contributed by atoms with Crippen LogP contribution < -0.4 is 15.0 Å². The van der Waals surface area contributed by atoms with E-state index in [1.54, 1.807) is 32.2 Å². The fourth-order valence-electron chi connectivity index (χ4n) is 3.16. The van der Waals surface area contributed by atoms with Gasteiger partial charge in [0.25, 0.3) is 5.56 Å². The van der Waals surface area contributed by atoms with Crippen LogP contribution in [0.2, 0.25) is 0 Å². The van der Waals surface area contributed by atoms with Gasteiger partial charge < -0.3 is 19.4 Å². The Morgan fingerprint density at radius 3 is 2.53 bits per heavy atom. The summed E-state index contributed by atoms with van der Waals surface area (Å²) in [4.78, 5) is 29.0. The molecule has 9 heteroatoms. The van der Waals surface area contributed by atoms with E-state index in [2.05, 4.69) is 15.2 Å². The highest BCUT2D eigenvalue weighted by atomic mass is 19.1. The van der Waals surface area contributed by atoms with Crippen molar-refractivity contribution in [2.75, 3.05) is 27.8 Å². The Morgan fingerprint density at radius 1 is 1.06 bits per heavy atom. The van der Waals surface area contributed by atoms with Crippen LogP contribution in [0.1, 0.15) is 17.7 Å². The van der Waals surface area contributed by atoms with E-state index in [0.29, 0.717) is 30.0 Å². The second kappa shape index (κ2) is 10.5. The lowest BCUT2D eigenvalue weighted by Gasteiger charge is -2.17. The van der Waals surface area contributed by atoms with Gasteiger partial charge in [0, 0.05) is 32.0 Å². The number of hydrogen-bond donors (Lipinski definition) is 1. The van der Waals surface area contributed by atoms with Gasteiger partial charge >= 0.3 is 0 Å². The number of aromatic amines is 1. The lowest BCUT2D eigenvalue weighted by molar-refractivity contribution is -0.129. The van der Waals surface area contributed by atoms with Crippen molar-refractivity contribution < 1.29 is 18.7 Å². The monoisotopic (exact) mass is 440 g/mol. The number of carbonyl (C=O) groups excluding carboxylic acids is 1. The Hall–Kier alpha value is -3.75. The van der Waals surface area contributed by atoms with Gasteiger partial charge in [-0.05, 0) is 36.2 Å². The van der Waals surface area contributed by atoms with Crippen LogP contribution in [0.5, 0.6) is 11.5 Å². The number of nitrogens with zero attached hydrogens (tertiary/aromatic N) is 3. The molecular weight excluding hydrogens is 415 g/mol. The topological polar surface area (TPSA) is 97.4 Å². The van der Waals surface area contributed by atoms with E-state index < -0.39 is 11.4 Å². The smallest absolute Gasteiger partial charge is 0.273 e. The molecule has 2 aromatic carbocycles. The molecule has 0 bridgehead atoms. The Morgan fingerprint density at radius 2 is 1.84 bits per heavy atom. The molecule has 0 saturated carbocycles. The summed E-state index contributed by atoms with van der Waals surface area (Å²) >= 11 is 0.